The Morgan fingerprint density at radius 2 is 1.93 bits per heavy atom. The number of hydrogen-bond donors (Lipinski definition) is 1. The summed E-state index contributed by atoms with van der Waals surface area (Å²) in [6.45, 7) is 3.40. The van der Waals surface area contributed by atoms with Crippen molar-refractivity contribution in [1.82, 2.24) is 25.1 Å². The van der Waals surface area contributed by atoms with Crippen LogP contribution in [0.15, 0.2) is 29.4 Å². The van der Waals surface area contributed by atoms with E-state index in [1.165, 1.54) is 16.4 Å². The van der Waals surface area contributed by atoms with Crippen LogP contribution in [0.2, 0.25) is 0 Å². The quantitative estimate of drug-likeness (QED) is 0.712. The zero-order chi connectivity index (χ0) is 20.2. The van der Waals surface area contributed by atoms with Crippen LogP contribution in [0.4, 0.5) is 11.4 Å². The maximum atomic E-state index is 12.3. The molecule has 1 aliphatic heterocycles. The molecule has 1 aromatic heterocycles. The van der Waals surface area contributed by atoms with Crippen LogP contribution in [-0.4, -0.2) is 68.9 Å². The number of hydrogen-bond acceptors (Lipinski definition) is 7. The number of anilines is 2. The maximum absolute atomic E-state index is 12.3. The van der Waals surface area contributed by atoms with E-state index in [-0.39, 0.29) is 17.6 Å². The molecule has 1 saturated heterocycles. The van der Waals surface area contributed by atoms with E-state index in [2.05, 4.69) is 25.7 Å². The first kappa shape index (κ1) is 19.7. The van der Waals surface area contributed by atoms with Gasteiger partial charge < -0.3 is 15.1 Å². The molecule has 1 saturated carbocycles. The van der Waals surface area contributed by atoms with Crippen molar-refractivity contribution < 1.29 is 9.59 Å². The lowest BCUT2D eigenvalue weighted by Crippen LogP contribution is -2.36. The van der Waals surface area contributed by atoms with Crippen molar-refractivity contribution in [3.8, 4) is 0 Å². The summed E-state index contributed by atoms with van der Waals surface area (Å²) in [7, 11) is 1.74. The standard InChI is InChI=1S/C19H25N7O2S/c1-24-19(21-22-23-24)29-13-17(27)20-15-5-7-16(8-6-15)25-9-2-10-26(12-11-25)18(28)14-3-4-14/h5-8,14H,2-4,9-13H2,1H3,(H,20,27). The molecule has 154 valence electrons. The second-order valence-corrected chi connectivity index (χ2v) is 8.35. The van der Waals surface area contributed by atoms with Crippen LogP contribution < -0.4 is 10.2 Å². The third-order valence-electron chi connectivity index (χ3n) is 5.16. The molecule has 9 nitrogen and oxygen atoms in total. The van der Waals surface area contributed by atoms with Crippen molar-refractivity contribution >= 4 is 35.0 Å². The van der Waals surface area contributed by atoms with Gasteiger partial charge in [0.2, 0.25) is 17.0 Å². The van der Waals surface area contributed by atoms with Crippen LogP contribution >= 0.6 is 11.8 Å². The van der Waals surface area contributed by atoms with Gasteiger partial charge in [-0.15, -0.1) is 5.10 Å². The molecule has 2 heterocycles. The first-order valence-corrected chi connectivity index (χ1v) is 10.9. The Morgan fingerprint density at radius 1 is 1.14 bits per heavy atom. The Balaban J connectivity index is 1.27. The van der Waals surface area contributed by atoms with Gasteiger partial charge in [0.25, 0.3) is 0 Å². The van der Waals surface area contributed by atoms with Gasteiger partial charge in [0.15, 0.2) is 0 Å². The molecule has 2 aromatic rings. The van der Waals surface area contributed by atoms with Crippen molar-refractivity contribution in [3.63, 3.8) is 0 Å². The predicted molar refractivity (Wildman–Crippen MR) is 111 cm³/mol. The van der Waals surface area contributed by atoms with Gasteiger partial charge in [-0.1, -0.05) is 11.8 Å². The van der Waals surface area contributed by atoms with E-state index < -0.39 is 0 Å². The zero-order valence-corrected chi connectivity index (χ0v) is 17.3. The van der Waals surface area contributed by atoms with Crippen LogP contribution in [0.25, 0.3) is 0 Å². The molecular formula is C19H25N7O2S. The number of thioether (sulfide) groups is 1. The van der Waals surface area contributed by atoms with E-state index in [9.17, 15) is 9.59 Å². The van der Waals surface area contributed by atoms with Crippen LogP contribution in [0.1, 0.15) is 19.3 Å². The lowest BCUT2D eigenvalue weighted by atomic mass is 10.2. The van der Waals surface area contributed by atoms with Gasteiger partial charge in [-0.3, -0.25) is 9.59 Å². The number of rotatable bonds is 6. The van der Waals surface area contributed by atoms with Crippen LogP contribution in [0.5, 0.6) is 0 Å². The second kappa shape index (κ2) is 8.81. The second-order valence-electron chi connectivity index (χ2n) is 7.41. The van der Waals surface area contributed by atoms with Crippen molar-refractivity contribution in [2.75, 3.05) is 42.1 Å². The molecule has 1 aromatic carbocycles. The fourth-order valence-corrected chi connectivity index (χ4v) is 4.06. The smallest absolute Gasteiger partial charge is 0.234 e. The molecular weight excluding hydrogens is 390 g/mol. The highest BCUT2D eigenvalue weighted by Gasteiger charge is 2.33. The Kier molecular flexibility index (Phi) is 5.98. The average molecular weight is 416 g/mol. The monoisotopic (exact) mass is 415 g/mol. The van der Waals surface area contributed by atoms with E-state index in [1.807, 2.05) is 29.2 Å². The molecule has 0 spiro atoms. The molecule has 2 amide bonds. The summed E-state index contributed by atoms with van der Waals surface area (Å²) in [5.41, 5.74) is 1.87. The molecule has 10 heteroatoms. The minimum Gasteiger partial charge on any atom is -0.370 e. The van der Waals surface area contributed by atoms with Crippen LogP contribution in [-0.2, 0) is 16.6 Å². The normalized spacial score (nSPS) is 17.1. The summed E-state index contributed by atoms with van der Waals surface area (Å²) >= 11 is 1.29. The summed E-state index contributed by atoms with van der Waals surface area (Å²) < 4.78 is 1.53. The van der Waals surface area contributed by atoms with E-state index in [1.54, 1.807) is 7.05 Å². The lowest BCUT2D eigenvalue weighted by Gasteiger charge is -2.24. The van der Waals surface area contributed by atoms with Crippen LogP contribution in [0, 0.1) is 5.92 Å². The van der Waals surface area contributed by atoms with Crippen molar-refractivity contribution in [2.24, 2.45) is 13.0 Å². The minimum absolute atomic E-state index is 0.102. The van der Waals surface area contributed by atoms with Crippen molar-refractivity contribution in [3.05, 3.63) is 24.3 Å². The molecule has 0 unspecified atom stereocenters. The number of carbonyl (C=O) groups is 2. The molecule has 4 rings (SSSR count). The Morgan fingerprint density at radius 3 is 2.62 bits per heavy atom. The highest BCUT2D eigenvalue weighted by molar-refractivity contribution is 7.99. The number of nitrogens with zero attached hydrogens (tertiary/aromatic N) is 6. The number of tetrazole rings is 1. The molecule has 29 heavy (non-hydrogen) atoms. The third kappa shape index (κ3) is 5.06. The summed E-state index contributed by atoms with van der Waals surface area (Å²) in [5, 5.41) is 14.6. The third-order valence-corrected chi connectivity index (χ3v) is 6.17. The van der Waals surface area contributed by atoms with Gasteiger partial charge in [0.1, 0.15) is 0 Å². The molecule has 1 N–H and O–H groups in total. The van der Waals surface area contributed by atoms with E-state index >= 15 is 0 Å². The first-order chi connectivity index (χ1) is 14.1. The fraction of sp³-hybridized carbons (Fsp3) is 0.526. The van der Waals surface area contributed by atoms with Crippen molar-refractivity contribution in [2.45, 2.75) is 24.4 Å². The largest absolute Gasteiger partial charge is 0.370 e. The van der Waals surface area contributed by atoms with Gasteiger partial charge in [0.05, 0.1) is 5.75 Å². The van der Waals surface area contributed by atoms with Crippen molar-refractivity contribution in [1.29, 1.82) is 0 Å². The summed E-state index contributed by atoms with van der Waals surface area (Å²) in [5.74, 6) is 0.759. The highest BCUT2D eigenvalue weighted by atomic mass is 32.2. The Labute approximate surface area is 173 Å². The minimum atomic E-state index is -0.102. The van der Waals surface area contributed by atoms with E-state index in [4.69, 9.17) is 0 Å². The average Bonchev–Trinajstić information content (AvgIpc) is 3.52. The van der Waals surface area contributed by atoms with Gasteiger partial charge >= 0.3 is 0 Å². The number of amides is 2. The number of benzene rings is 1. The molecule has 2 aliphatic rings. The maximum Gasteiger partial charge on any atom is 0.234 e. The predicted octanol–water partition coefficient (Wildman–Crippen LogP) is 1.39. The summed E-state index contributed by atoms with van der Waals surface area (Å²) in [4.78, 5) is 28.8. The summed E-state index contributed by atoms with van der Waals surface area (Å²) in [6.07, 6.45) is 3.09. The molecule has 2 fully saturated rings. The number of nitrogens with one attached hydrogen (secondary N) is 1. The first-order valence-electron chi connectivity index (χ1n) is 9.89. The lowest BCUT2D eigenvalue weighted by molar-refractivity contribution is -0.132. The van der Waals surface area contributed by atoms with Gasteiger partial charge in [0, 0.05) is 50.5 Å². The molecule has 0 atom stereocenters. The Hall–Kier alpha value is -2.62. The fourth-order valence-electron chi connectivity index (χ4n) is 3.41. The zero-order valence-electron chi connectivity index (χ0n) is 16.5. The highest BCUT2D eigenvalue weighted by Crippen LogP contribution is 2.31. The van der Waals surface area contributed by atoms with Gasteiger partial charge in [-0.25, -0.2) is 4.68 Å². The number of aryl methyl sites for hydroxylation is 1. The van der Waals surface area contributed by atoms with Gasteiger partial charge in [-0.2, -0.15) is 0 Å². The number of aromatic nitrogens is 4. The SMILES string of the molecule is Cn1nnnc1SCC(=O)Nc1ccc(N2CCCN(C(=O)C3CC3)CC2)cc1. The molecule has 0 bridgehead atoms. The van der Waals surface area contributed by atoms with Crippen LogP contribution in [0.3, 0.4) is 0 Å². The summed E-state index contributed by atoms with van der Waals surface area (Å²) in [6, 6.07) is 7.88. The molecule has 1 aliphatic carbocycles. The Bertz CT molecular complexity index is 866. The topological polar surface area (TPSA) is 96.2 Å². The molecule has 0 radical (unpaired) electrons. The number of carbonyl (C=O) groups excluding carboxylic acids is 2. The van der Waals surface area contributed by atoms with E-state index in [0.29, 0.717) is 11.1 Å². The van der Waals surface area contributed by atoms with E-state index in [0.717, 1.165) is 56.8 Å². The van der Waals surface area contributed by atoms with Gasteiger partial charge in [-0.05, 0) is 54.0 Å².